The van der Waals surface area contributed by atoms with E-state index in [4.69, 9.17) is 5.11 Å². The number of amides is 1. The van der Waals surface area contributed by atoms with E-state index in [2.05, 4.69) is 16.9 Å². The highest BCUT2D eigenvalue weighted by Gasteiger charge is 2.47. The molecule has 1 aromatic rings. The first kappa shape index (κ1) is 16.1. The van der Waals surface area contributed by atoms with E-state index in [1.807, 2.05) is 17.9 Å². The quantitative estimate of drug-likeness (QED) is 0.640. The number of aliphatic hydroxyl groups excluding tert-OH is 1. The molecule has 1 aromatic heterocycles. The van der Waals surface area contributed by atoms with Crippen molar-refractivity contribution >= 4 is 5.91 Å². The lowest BCUT2D eigenvalue weighted by Crippen LogP contribution is -3.20. The molecule has 0 saturated carbocycles. The van der Waals surface area contributed by atoms with Crippen LogP contribution < -0.4 is 4.90 Å². The molecular formula is C16H26N5O2+. The summed E-state index contributed by atoms with van der Waals surface area (Å²) in [4.78, 5) is 15.9. The van der Waals surface area contributed by atoms with Gasteiger partial charge in [-0.25, -0.2) is 4.68 Å². The Morgan fingerprint density at radius 3 is 3.09 bits per heavy atom. The number of aromatic nitrogens is 3. The van der Waals surface area contributed by atoms with Crippen molar-refractivity contribution < 1.29 is 14.8 Å². The number of carbonyl (C=O) groups is 1. The maximum Gasteiger partial charge on any atom is 0.231 e. The number of quaternary nitrogens is 1. The average molecular weight is 320 g/mol. The van der Waals surface area contributed by atoms with Crippen LogP contribution in [0.2, 0.25) is 0 Å². The van der Waals surface area contributed by atoms with Gasteiger partial charge in [0.15, 0.2) is 0 Å². The van der Waals surface area contributed by atoms with Crippen LogP contribution in [-0.2, 0) is 17.9 Å². The second-order valence-corrected chi connectivity index (χ2v) is 6.80. The molecule has 3 fully saturated rings. The average Bonchev–Trinajstić information content (AvgIpc) is 3.02. The first-order chi connectivity index (χ1) is 11.1. The Balaban J connectivity index is 1.62. The second-order valence-electron chi connectivity index (χ2n) is 6.80. The molecule has 2 N–H and O–H groups in total. The van der Waals surface area contributed by atoms with Crippen molar-refractivity contribution in [1.82, 2.24) is 19.9 Å². The summed E-state index contributed by atoms with van der Waals surface area (Å²) in [5, 5.41) is 17.1. The van der Waals surface area contributed by atoms with Crippen molar-refractivity contribution in [3.05, 3.63) is 24.5 Å². The van der Waals surface area contributed by atoms with Crippen LogP contribution in [0.1, 0.15) is 18.5 Å². The fourth-order valence-corrected chi connectivity index (χ4v) is 4.09. The highest BCUT2D eigenvalue weighted by Crippen LogP contribution is 2.28. The molecule has 7 heteroatoms. The van der Waals surface area contributed by atoms with Gasteiger partial charge in [0, 0.05) is 26.4 Å². The molecule has 4 rings (SSSR count). The minimum atomic E-state index is -0.0733. The van der Waals surface area contributed by atoms with E-state index in [-0.39, 0.29) is 18.4 Å². The third-order valence-electron chi connectivity index (χ3n) is 5.30. The number of aliphatic hydroxyl groups is 1. The van der Waals surface area contributed by atoms with E-state index in [0.29, 0.717) is 24.2 Å². The molecule has 1 unspecified atom stereocenters. The molecular weight excluding hydrogens is 294 g/mol. The van der Waals surface area contributed by atoms with Gasteiger partial charge in [0.2, 0.25) is 5.91 Å². The molecule has 126 valence electrons. The maximum absolute atomic E-state index is 12.6. The summed E-state index contributed by atoms with van der Waals surface area (Å²) in [5.41, 5.74) is 0.607. The van der Waals surface area contributed by atoms with Gasteiger partial charge in [0.1, 0.15) is 11.7 Å². The Morgan fingerprint density at radius 1 is 1.65 bits per heavy atom. The molecule has 4 heterocycles. The SMILES string of the molecule is C=CCN(C)C(=O)[C@H]1C[NH+]2CC[C@@H]1C[C@@H]2Cn1cc(CO)nn1. The van der Waals surface area contributed by atoms with Gasteiger partial charge < -0.3 is 14.9 Å². The molecule has 23 heavy (non-hydrogen) atoms. The number of likely N-dealkylation sites (N-methyl/N-ethyl adjacent to an activating group) is 1. The van der Waals surface area contributed by atoms with Crippen LogP contribution >= 0.6 is 0 Å². The fraction of sp³-hybridized carbons (Fsp3) is 0.688. The van der Waals surface area contributed by atoms with E-state index in [1.54, 1.807) is 11.0 Å². The monoisotopic (exact) mass is 320 g/mol. The predicted molar refractivity (Wildman–Crippen MR) is 84.5 cm³/mol. The smallest absolute Gasteiger partial charge is 0.231 e. The lowest BCUT2D eigenvalue weighted by Gasteiger charge is -2.46. The molecule has 2 bridgehead atoms. The zero-order valence-electron chi connectivity index (χ0n) is 13.7. The van der Waals surface area contributed by atoms with Gasteiger partial charge in [-0.3, -0.25) is 4.79 Å². The Bertz CT molecular complexity index is 573. The van der Waals surface area contributed by atoms with E-state index in [1.165, 1.54) is 4.90 Å². The Labute approximate surface area is 136 Å². The van der Waals surface area contributed by atoms with Crippen molar-refractivity contribution in [1.29, 1.82) is 0 Å². The third kappa shape index (κ3) is 3.30. The number of carbonyl (C=O) groups excluding carboxylic acids is 1. The number of nitrogens with zero attached hydrogens (tertiary/aromatic N) is 4. The number of fused-ring (bicyclic) bond motifs is 3. The summed E-state index contributed by atoms with van der Waals surface area (Å²) in [6.45, 7) is 7.11. The van der Waals surface area contributed by atoms with Gasteiger partial charge >= 0.3 is 0 Å². The van der Waals surface area contributed by atoms with Crippen LogP contribution in [0.3, 0.4) is 0 Å². The Kier molecular flexibility index (Phi) is 4.77. The Morgan fingerprint density at radius 2 is 2.48 bits per heavy atom. The maximum atomic E-state index is 12.6. The summed E-state index contributed by atoms with van der Waals surface area (Å²) in [7, 11) is 1.86. The highest BCUT2D eigenvalue weighted by atomic mass is 16.3. The number of rotatable bonds is 6. The highest BCUT2D eigenvalue weighted by molar-refractivity contribution is 5.79. The van der Waals surface area contributed by atoms with Crippen molar-refractivity contribution in [2.75, 3.05) is 26.7 Å². The molecule has 7 nitrogen and oxygen atoms in total. The molecule has 3 aliphatic heterocycles. The second kappa shape index (κ2) is 6.80. The van der Waals surface area contributed by atoms with Gasteiger partial charge in [-0.1, -0.05) is 11.3 Å². The predicted octanol–water partition coefficient (Wildman–Crippen LogP) is -1.29. The fourth-order valence-electron chi connectivity index (χ4n) is 4.09. The van der Waals surface area contributed by atoms with Crippen molar-refractivity contribution in [3.8, 4) is 0 Å². The van der Waals surface area contributed by atoms with Crippen LogP contribution in [0.4, 0.5) is 0 Å². The third-order valence-corrected chi connectivity index (χ3v) is 5.30. The minimum Gasteiger partial charge on any atom is -0.390 e. The zero-order valence-corrected chi connectivity index (χ0v) is 13.7. The number of nitrogens with one attached hydrogen (secondary N) is 1. The molecule has 3 aliphatic rings. The number of hydrogen-bond acceptors (Lipinski definition) is 4. The number of piperidine rings is 3. The van der Waals surface area contributed by atoms with Crippen molar-refractivity contribution in [3.63, 3.8) is 0 Å². The molecule has 3 saturated heterocycles. The zero-order chi connectivity index (χ0) is 16.4. The molecule has 1 amide bonds. The van der Waals surface area contributed by atoms with E-state index >= 15 is 0 Å². The first-order valence-electron chi connectivity index (χ1n) is 8.32. The molecule has 0 spiro atoms. The van der Waals surface area contributed by atoms with Gasteiger partial charge in [0.05, 0.1) is 38.4 Å². The van der Waals surface area contributed by atoms with Crippen molar-refractivity contribution in [2.24, 2.45) is 11.8 Å². The summed E-state index contributed by atoms with van der Waals surface area (Å²) < 4.78 is 1.82. The van der Waals surface area contributed by atoms with E-state index in [9.17, 15) is 4.79 Å². The van der Waals surface area contributed by atoms with Gasteiger partial charge in [0.25, 0.3) is 0 Å². The van der Waals surface area contributed by atoms with Gasteiger partial charge in [-0.15, -0.1) is 11.7 Å². The molecule has 0 aromatic carbocycles. The Hall–Kier alpha value is -1.73. The standard InChI is InChI=1S/C16H25N5O2/c1-3-5-19(2)16(23)15-10-20-6-4-12(15)7-14(20)9-21-8-13(11-22)17-18-21/h3,8,12,14-15,22H,1,4-7,9-11H2,2H3/p+1/t12-,14-,15+/m1/s1. The van der Waals surface area contributed by atoms with E-state index in [0.717, 1.165) is 32.5 Å². The van der Waals surface area contributed by atoms with Crippen LogP contribution in [0.25, 0.3) is 0 Å². The van der Waals surface area contributed by atoms with E-state index < -0.39 is 0 Å². The van der Waals surface area contributed by atoms with Gasteiger partial charge in [-0.2, -0.15) is 0 Å². The summed E-state index contributed by atoms with van der Waals surface area (Å²) >= 11 is 0. The molecule has 4 atom stereocenters. The molecule has 0 aliphatic carbocycles. The topological polar surface area (TPSA) is 75.7 Å². The summed E-state index contributed by atoms with van der Waals surface area (Å²) in [5.74, 6) is 0.871. The minimum absolute atomic E-state index is 0.0733. The normalized spacial score (nSPS) is 29.5. The van der Waals surface area contributed by atoms with Crippen LogP contribution in [0.15, 0.2) is 18.9 Å². The lowest BCUT2D eigenvalue weighted by molar-refractivity contribution is -0.945. The number of hydrogen-bond donors (Lipinski definition) is 2. The molecule has 0 radical (unpaired) electrons. The van der Waals surface area contributed by atoms with Crippen molar-refractivity contribution in [2.45, 2.75) is 32.0 Å². The van der Waals surface area contributed by atoms with Crippen LogP contribution in [0, 0.1) is 11.8 Å². The first-order valence-corrected chi connectivity index (χ1v) is 8.32. The largest absolute Gasteiger partial charge is 0.390 e. The summed E-state index contributed by atoms with van der Waals surface area (Å²) in [6.07, 6.45) is 5.77. The summed E-state index contributed by atoms with van der Waals surface area (Å²) in [6, 6.07) is 0.482. The van der Waals surface area contributed by atoms with Crippen LogP contribution in [-0.4, -0.2) is 63.6 Å². The van der Waals surface area contributed by atoms with Crippen LogP contribution in [0.5, 0.6) is 0 Å². The lowest BCUT2D eigenvalue weighted by atomic mass is 9.75. The van der Waals surface area contributed by atoms with Gasteiger partial charge in [-0.05, 0) is 5.92 Å².